The van der Waals surface area contributed by atoms with E-state index in [0.29, 0.717) is 12.4 Å². The highest BCUT2D eigenvalue weighted by Crippen LogP contribution is 2.22. The van der Waals surface area contributed by atoms with E-state index in [4.69, 9.17) is 0 Å². The predicted octanol–water partition coefficient (Wildman–Crippen LogP) is 2.57. The third-order valence-corrected chi connectivity index (χ3v) is 4.10. The van der Waals surface area contributed by atoms with Crippen molar-refractivity contribution in [3.63, 3.8) is 0 Å². The molecule has 0 aliphatic carbocycles. The quantitative estimate of drug-likeness (QED) is 0.739. The number of rotatable bonds is 6. The van der Waals surface area contributed by atoms with E-state index in [2.05, 4.69) is 20.7 Å². The summed E-state index contributed by atoms with van der Waals surface area (Å²) < 4.78 is 13.4. The van der Waals surface area contributed by atoms with Crippen LogP contribution in [0.3, 0.4) is 0 Å². The first-order valence-electron chi connectivity index (χ1n) is 8.30. The van der Waals surface area contributed by atoms with Gasteiger partial charge in [-0.05, 0) is 22.9 Å². The number of nitrogens with one attached hydrogen (secondary N) is 1. The summed E-state index contributed by atoms with van der Waals surface area (Å²) in [5.74, 6) is -0.0489. The van der Waals surface area contributed by atoms with Gasteiger partial charge in [-0.15, -0.1) is 10.2 Å². The SMILES string of the molecule is CC(C)(CNC(=O)Cn1nnc(-c2ccccc2)n1)c1cccc(F)c1. The molecule has 1 heterocycles. The zero-order valence-electron chi connectivity index (χ0n) is 14.7. The number of hydrogen-bond acceptors (Lipinski definition) is 4. The summed E-state index contributed by atoms with van der Waals surface area (Å²) in [6.45, 7) is 4.24. The van der Waals surface area contributed by atoms with Crippen molar-refractivity contribution in [1.29, 1.82) is 0 Å². The molecule has 0 fully saturated rings. The van der Waals surface area contributed by atoms with E-state index >= 15 is 0 Å². The summed E-state index contributed by atoms with van der Waals surface area (Å²) in [4.78, 5) is 13.4. The average Bonchev–Trinajstić information content (AvgIpc) is 3.09. The second-order valence-corrected chi connectivity index (χ2v) is 6.68. The predicted molar refractivity (Wildman–Crippen MR) is 95.7 cm³/mol. The van der Waals surface area contributed by atoms with Gasteiger partial charge in [0.2, 0.25) is 11.7 Å². The topological polar surface area (TPSA) is 72.7 Å². The van der Waals surface area contributed by atoms with E-state index in [-0.39, 0.29) is 18.3 Å². The maximum Gasteiger partial charge on any atom is 0.243 e. The van der Waals surface area contributed by atoms with Gasteiger partial charge in [-0.2, -0.15) is 4.80 Å². The molecule has 0 saturated carbocycles. The normalized spacial score (nSPS) is 11.3. The van der Waals surface area contributed by atoms with Gasteiger partial charge in [0.05, 0.1) is 0 Å². The van der Waals surface area contributed by atoms with E-state index in [1.807, 2.05) is 50.2 Å². The number of tetrazole rings is 1. The number of hydrogen-bond donors (Lipinski definition) is 1. The number of carbonyl (C=O) groups excluding carboxylic acids is 1. The van der Waals surface area contributed by atoms with Crippen LogP contribution in [-0.4, -0.2) is 32.7 Å². The Morgan fingerprint density at radius 1 is 1.15 bits per heavy atom. The number of aromatic nitrogens is 4. The molecule has 3 aromatic rings. The fourth-order valence-corrected chi connectivity index (χ4v) is 2.53. The monoisotopic (exact) mass is 353 g/mol. The van der Waals surface area contributed by atoms with Crippen molar-refractivity contribution in [2.75, 3.05) is 6.54 Å². The number of amides is 1. The summed E-state index contributed by atoms with van der Waals surface area (Å²) in [6.07, 6.45) is 0. The molecule has 0 unspecified atom stereocenters. The Kier molecular flexibility index (Phi) is 5.06. The third kappa shape index (κ3) is 4.30. The van der Waals surface area contributed by atoms with Crippen molar-refractivity contribution >= 4 is 5.91 Å². The van der Waals surface area contributed by atoms with Crippen LogP contribution in [0.25, 0.3) is 11.4 Å². The minimum Gasteiger partial charge on any atom is -0.354 e. The maximum atomic E-state index is 13.4. The highest BCUT2D eigenvalue weighted by atomic mass is 19.1. The summed E-state index contributed by atoms with van der Waals surface area (Å²) in [5.41, 5.74) is 1.26. The van der Waals surface area contributed by atoms with Gasteiger partial charge in [-0.25, -0.2) is 4.39 Å². The molecule has 1 amide bonds. The van der Waals surface area contributed by atoms with Crippen LogP contribution in [0.1, 0.15) is 19.4 Å². The lowest BCUT2D eigenvalue weighted by Crippen LogP contribution is -2.38. The van der Waals surface area contributed by atoms with Crippen LogP contribution in [0.15, 0.2) is 54.6 Å². The molecule has 2 aromatic carbocycles. The Hall–Kier alpha value is -3.09. The molecule has 134 valence electrons. The molecule has 1 N–H and O–H groups in total. The van der Waals surface area contributed by atoms with Gasteiger partial charge in [-0.1, -0.05) is 56.3 Å². The van der Waals surface area contributed by atoms with Gasteiger partial charge in [0.25, 0.3) is 0 Å². The van der Waals surface area contributed by atoms with Crippen molar-refractivity contribution < 1.29 is 9.18 Å². The van der Waals surface area contributed by atoms with E-state index in [1.54, 1.807) is 6.07 Å². The second kappa shape index (κ2) is 7.43. The van der Waals surface area contributed by atoms with Crippen LogP contribution in [0.5, 0.6) is 0 Å². The lowest BCUT2D eigenvalue weighted by atomic mass is 9.84. The molecule has 0 saturated heterocycles. The molecule has 0 atom stereocenters. The minimum absolute atomic E-state index is 0.0287. The Balaban J connectivity index is 1.58. The van der Waals surface area contributed by atoms with Crippen LogP contribution in [0, 0.1) is 5.82 Å². The first-order valence-corrected chi connectivity index (χ1v) is 8.30. The lowest BCUT2D eigenvalue weighted by Gasteiger charge is -2.25. The largest absolute Gasteiger partial charge is 0.354 e. The van der Waals surface area contributed by atoms with Crippen LogP contribution in [0.4, 0.5) is 4.39 Å². The molecule has 0 aliphatic rings. The number of benzene rings is 2. The van der Waals surface area contributed by atoms with Crippen LogP contribution in [-0.2, 0) is 16.8 Å². The van der Waals surface area contributed by atoms with E-state index in [1.165, 1.54) is 16.9 Å². The Labute approximate surface area is 151 Å². The van der Waals surface area contributed by atoms with Gasteiger partial charge < -0.3 is 5.32 Å². The maximum absolute atomic E-state index is 13.4. The van der Waals surface area contributed by atoms with Crippen LogP contribution >= 0.6 is 0 Å². The van der Waals surface area contributed by atoms with Gasteiger partial charge >= 0.3 is 0 Å². The molecule has 0 radical (unpaired) electrons. The summed E-state index contributed by atoms with van der Waals surface area (Å²) in [7, 11) is 0. The first-order chi connectivity index (χ1) is 12.4. The Morgan fingerprint density at radius 3 is 2.65 bits per heavy atom. The number of carbonyl (C=O) groups is 1. The highest BCUT2D eigenvalue weighted by molar-refractivity contribution is 5.75. The van der Waals surface area contributed by atoms with Crippen LogP contribution in [0.2, 0.25) is 0 Å². The van der Waals surface area contributed by atoms with E-state index in [0.717, 1.165) is 11.1 Å². The molecule has 6 nitrogen and oxygen atoms in total. The van der Waals surface area contributed by atoms with Gasteiger partial charge in [-0.3, -0.25) is 4.79 Å². The fourth-order valence-electron chi connectivity index (χ4n) is 2.53. The molecule has 3 rings (SSSR count). The highest BCUT2D eigenvalue weighted by Gasteiger charge is 2.22. The summed E-state index contributed by atoms with van der Waals surface area (Å²) >= 11 is 0. The molecule has 26 heavy (non-hydrogen) atoms. The summed E-state index contributed by atoms with van der Waals surface area (Å²) in [6, 6.07) is 15.8. The van der Waals surface area contributed by atoms with E-state index < -0.39 is 5.41 Å². The average molecular weight is 353 g/mol. The van der Waals surface area contributed by atoms with Crippen molar-refractivity contribution in [2.45, 2.75) is 25.8 Å². The second-order valence-electron chi connectivity index (χ2n) is 6.68. The number of nitrogens with zero attached hydrogens (tertiary/aromatic N) is 4. The molecule has 0 spiro atoms. The summed E-state index contributed by atoms with van der Waals surface area (Å²) in [5, 5.41) is 14.9. The van der Waals surface area contributed by atoms with Gasteiger partial charge in [0, 0.05) is 17.5 Å². The number of halogens is 1. The Bertz CT molecular complexity index is 892. The van der Waals surface area contributed by atoms with Gasteiger partial charge in [0.15, 0.2) is 0 Å². The molecular weight excluding hydrogens is 333 g/mol. The van der Waals surface area contributed by atoms with Crippen molar-refractivity contribution in [1.82, 2.24) is 25.5 Å². The third-order valence-electron chi connectivity index (χ3n) is 4.10. The van der Waals surface area contributed by atoms with Crippen molar-refractivity contribution in [3.8, 4) is 11.4 Å². The Morgan fingerprint density at radius 2 is 1.92 bits per heavy atom. The van der Waals surface area contributed by atoms with Gasteiger partial charge in [0.1, 0.15) is 12.4 Å². The first kappa shape index (κ1) is 17.7. The van der Waals surface area contributed by atoms with Crippen molar-refractivity contribution in [3.05, 3.63) is 66.0 Å². The standard InChI is InChI=1S/C19H20FN5O/c1-19(2,15-9-6-10-16(20)11-15)13-21-17(26)12-25-23-18(22-24-25)14-7-4-3-5-8-14/h3-11H,12-13H2,1-2H3,(H,21,26). The zero-order chi connectivity index (χ0) is 18.6. The minimum atomic E-state index is -0.400. The molecule has 1 aromatic heterocycles. The smallest absolute Gasteiger partial charge is 0.243 e. The molecule has 7 heteroatoms. The van der Waals surface area contributed by atoms with Crippen molar-refractivity contribution in [2.24, 2.45) is 0 Å². The van der Waals surface area contributed by atoms with Crippen LogP contribution < -0.4 is 5.32 Å². The fraction of sp³-hybridized carbons (Fsp3) is 0.263. The molecular formula is C19H20FN5O. The van der Waals surface area contributed by atoms with E-state index in [9.17, 15) is 9.18 Å². The molecule has 0 aliphatic heterocycles. The lowest BCUT2D eigenvalue weighted by molar-refractivity contribution is -0.122. The zero-order valence-corrected chi connectivity index (χ0v) is 14.7. The molecule has 0 bridgehead atoms.